The second kappa shape index (κ2) is 5.53. The summed E-state index contributed by atoms with van der Waals surface area (Å²) in [7, 11) is 0. The first-order valence-electron chi connectivity index (χ1n) is 5.35. The van der Waals surface area contributed by atoms with Crippen molar-refractivity contribution in [1.29, 1.82) is 0 Å². The summed E-state index contributed by atoms with van der Waals surface area (Å²) in [6.45, 7) is 5.33. The number of amides is 2. The first kappa shape index (κ1) is 11.8. The van der Waals surface area contributed by atoms with Gasteiger partial charge in [0.25, 0.3) is 0 Å². The van der Waals surface area contributed by atoms with Crippen LogP contribution < -0.4 is 10.6 Å². The predicted molar refractivity (Wildman–Crippen MR) is 58.2 cm³/mol. The van der Waals surface area contributed by atoms with Crippen molar-refractivity contribution in [3.8, 4) is 0 Å². The summed E-state index contributed by atoms with van der Waals surface area (Å²) in [5.74, 6) is 0.0890. The van der Waals surface area contributed by atoms with Gasteiger partial charge in [-0.15, -0.1) is 6.58 Å². The van der Waals surface area contributed by atoms with Crippen molar-refractivity contribution >= 4 is 11.8 Å². The monoisotopic (exact) mass is 210 g/mol. The molecule has 0 aromatic rings. The Bertz CT molecular complexity index is 257. The predicted octanol–water partition coefficient (Wildman–Crippen LogP) is 0.736. The van der Waals surface area contributed by atoms with Crippen molar-refractivity contribution < 1.29 is 9.59 Å². The third-order valence-electron chi connectivity index (χ3n) is 2.52. The van der Waals surface area contributed by atoms with Crippen molar-refractivity contribution in [2.75, 3.05) is 0 Å². The normalized spacial score (nSPS) is 23.8. The molecule has 1 aliphatic carbocycles. The molecule has 84 valence electrons. The van der Waals surface area contributed by atoms with Crippen LogP contribution in [0.4, 0.5) is 0 Å². The van der Waals surface area contributed by atoms with E-state index in [0.29, 0.717) is 12.8 Å². The minimum atomic E-state index is 0.00951. The van der Waals surface area contributed by atoms with E-state index in [-0.39, 0.29) is 23.9 Å². The van der Waals surface area contributed by atoms with Crippen LogP contribution in [0.5, 0.6) is 0 Å². The molecular formula is C11H18N2O2. The summed E-state index contributed by atoms with van der Waals surface area (Å²) in [6, 6.07) is 0.464. The molecule has 1 aliphatic rings. The van der Waals surface area contributed by atoms with Crippen LogP contribution in [0.15, 0.2) is 12.7 Å². The fourth-order valence-electron chi connectivity index (χ4n) is 1.60. The zero-order chi connectivity index (χ0) is 11.3. The summed E-state index contributed by atoms with van der Waals surface area (Å²) in [5, 5.41) is 5.77. The highest BCUT2D eigenvalue weighted by Crippen LogP contribution is 2.20. The Morgan fingerprint density at radius 3 is 2.27 bits per heavy atom. The molecular weight excluding hydrogens is 192 g/mol. The maximum atomic E-state index is 11.2. The van der Waals surface area contributed by atoms with Crippen LogP contribution in [0.1, 0.15) is 32.6 Å². The van der Waals surface area contributed by atoms with Gasteiger partial charge < -0.3 is 10.6 Å². The molecule has 0 aromatic heterocycles. The van der Waals surface area contributed by atoms with Crippen LogP contribution in [-0.2, 0) is 9.59 Å². The topological polar surface area (TPSA) is 58.2 Å². The third-order valence-corrected chi connectivity index (χ3v) is 2.52. The van der Waals surface area contributed by atoms with Gasteiger partial charge in [0.15, 0.2) is 0 Å². The zero-order valence-corrected chi connectivity index (χ0v) is 9.08. The molecule has 1 rings (SSSR count). The molecule has 2 amide bonds. The van der Waals surface area contributed by atoms with E-state index < -0.39 is 0 Å². The molecule has 0 spiro atoms. The number of carbonyl (C=O) groups excluding carboxylic acids is 2. The van der Waals surface area contributed by atoms with Crippen molar-refractivity contribution in [1.82, 2.24) is 10.6 Å². The molecule has 0 radical (unpaired) electrons. The molecule has 0 saturated heterocycles. The largest absolute Gasteiger partial charge is 0.353 e. The lowest BCUT2D eigenvalue weighted by molar-refractivity contribution is -0.122. The van der Waals surface area contributed by atoms with Gasteiger partial charge in [-0.2, -0.15) is 0 Å². The first-order chi connectivity index (χ1) is 7.15. The Morgan fingerprint density at radius 2 is 1.80 bits per heavy atom. The van der Waals surface area contributed by atoms with Crippen LogP contribution in [0.3, 0.4) is 0 Å². The standard InChI is InChI=1S/C11H18N2O2/c1-3-5-11(15)13-9-6-8(7-9)12-10(14)4-2/h3,8-9H,1,4-7H2,2H3,(H,12,14)(H,13,15). The van der Waals surface area contributed by atoms with Gasteiger partial charge in [0.1, 0.15) is 0 Å². The van der Waals surface area contributed by atoms with Crippen molar-refractivity contribution in [2.45, 2.75) is 44.7 Å². The molecule has 1 saturated carbocycles. The second-order valence-corrected chi connectivity index (χ2v) is 3.85. The van der Waals surface area contributed by atoms with Gasteiger partial charge in [-0.05, 0) is 12.8 Å². The van der Waals surface area contributed by atoms with Gasteiger partial charge in [0.05, 0.1) is 0 Å². The van der Waals surface area contributed by atoms with Crippen LogP contribution in [0.2, 0.25) is 0 Å². The van der Waals surface area contributed by atoms with Crippen LogP contribution in [-0.4, -0.2) is 23.9 Å². The highest BCUT2D eigenvalue weighted by atomic mass is 16.2. The maximum Gasteiger partial charge on any atom is 0.224 e. The van der Waals surface area contributed by atoms with Gasteiger partial charge in [0.2, 0.25) is 11.8 Å². The molecule has 1 fully saturated rings. The fraction of sp³-hybridized carbons (Fsp3) is 0.636. The zero-order valence-electron chi connectivity index (χ0n) is 9.08. The van der Waals surface area contributed by atoms with E-state index in [0.717, 1.165) is 12.8 Å². The first-order valence-corrected chi connectivity index (χ1v) is 5.35. The van der Waals surface area contributed by atoms with Gasteiger partial charge in [0, 0.05) is 24.9 Å². The quantitative estimate of drug-likeness (QED) is 0.657. The molecule has 0 unspecified atom stereocenters. The molecule has 2 N–H and O–H groups in total. The van der Waals surface area contributed by atoms with Gasteiger partial charge in [-0.3, -0.25) is 9.59 Å². The lowest BCUT2D eigenvalue weighted by Gasteiger charge is -2.36. The molecule has 4 nitrogen and oxygen atoms in total. The van der Waals surface area contributed by atoms with Crippen molar-refractivity contribution in [3.05, 3.63) is 12.7 Å². The fourth-order valence-corrected chi connectivity index (χ4v) is 1.60. The van der Waals surface area contributed by atoms with Gasteiger partial charge >= 0.3 is 0 Å². The molecule has 0 aliphatic heterocycles. The lowest BCUT2D eigenvalue weighted by Crippen LogP contribution is -2.53. The van der Waals surface area contributed by atoms with Crippen molar-refractivity contribution in [3.63, 3.8) is 0 Å². The number of hydrogen-bond donors (Lipinski definition) is 2. The highest BCUT2D eigenvalue weighted by molar-refractivity contribution is 5.78. The summed E-state index contributed by atoms with van der Waals surface area (Å²) in [5.41, 5.74) is 0. The Labute approximate surface area is 90.1 Å². The minimum absolute atomic E-state index is 0.00951. The Morgan fingerprint density at radius 1 is 1.27 bits per heavy atom. The Hall–Kier alpha value is -1.32. The van der Waals surface area contributed by atoms with E-state index >= 15 is 0 Å². The van der Waals surface area contributed by atoms with E-state index in [1.54, 1.807) is 6.08 Å². The molecule has 0 heterocycles. The SMILES string of the molecule is C=CCC(=O)NC1CC(NC(=O)CC)C1. The average Bonchev–Trinajstić information content (AvgIpc) is 2.14. The number of carbonyl (C=O) groups is 2. The lowest BCUT2D eigenvalue weighted by atomic mass is 9.86. The van der Waals surface area contributed by atoms with Gasteiger partial charge in [-0.1, -0.05) is 13.0 Å². The number of hydrogen-bond acceptors (Lipinski definition) is 2. The van der Waals surface area contributed by atoms with Crippen LogP contribution in [0, 0.1) is 0 Å². The molecule has 0 atom stereocenters. The average molecular weight is 210 g/mol. The molecule has 4 heteroatoms. The van der Waals surface area contributed by atoms with E-state index in [2.05, 4.69) is 17.2 Å². The summed E-state index contributed by atoms with van der Waals surface area (Å²) in [6.07, 6.45) is 4.15. The molecule has 0 bridgehead atoms. The minimum Gasteiger partial charge on any atom is -0.353 e. The summed E-state index contributed by atoms with van der Waals surface area (Å²) in [4.78, 5) is 22.2. The smallest absolute Gasteiger partial charge is 0.224 e. The Kier molecular flexibility index (Phi) is 4.34. The summed E-state index contributed by atoms with van der Waals surface area (Å²) < 4.78 is 0. The van der Waals surface area contributed by atoms with Crippen molar-refractivity contribution in [2.24, 2.45) is 0 Å². The molecule has 0 aromatic carbocycles. The van der Waals surface area contributed by atoms with E-state index in [1.165, 1.54) is 0 Å². The highest BCUT2D eigenvalue weighted by Gasteiger charge is 2.30. The number of nitrogens with one attached hydrogen (secondary N) is 2. The van der Waals surface area contributed by atoms with Gasteiger partial charge in [-0.25, -0.2) is 0 Å². The molecule has 15 heavy (non-hydrogen) atoms. The van der Waals surface area contributed by atoms with E-state index in [9.17, 15) is 9.59 Å². The van der Waals surface area contributed by atoms with E-state index in [1.807, 2.05) is 6.92 Å². The van der Waals surface area contributed by atoms with E-state index in [4.69, 9.17) is 0 Å². The maximum absolute atomic E-state index is 11.2. The Balaban J connectivity index is 2.12. The second-order valence-electron chi connectivity index (χ2n) is 3.85. The van der Waals surface area contributed by atoms with Crippen LogP contribution in [0.25, 0.3) is 0 Å². The third kappa shape index (κ3) is 3.73. The summed E-state index contributed by atoms with van der Waals surface area (Å²) >= 11 is 0. The van der Waals surface area contributed by atoms with Crippen LogP contribution >= 0.6 is 0 Å². The number of rotatable bonds is 5.